The van der Waals surface area contributed by atoms with E-state index in [9.17, 15) is 4.79 Å². The fourth-order valence-corrected chi connectivity index (χ4v) is 2.46. The van der Waals surface area contributed by atoms with Crippen molar-refractivity contribution in [1.29, 1.82) is 0 Å². The van der Waals surface area contributed by atoms with Gasteiger partial charge in [-0.2, -0.15) is 5.10 Å². The number of rotatable bonds is 4. The highest BCUT2D eigenvalue weighted by Gasteiger charge is 2.12. The smallest absolute Gasteiger partial charge is 0.270 e. The first-order valence-corrected chi connectivity index (χ1v) is 7.42. The van der Waals surface area contributed by atoms with E-state index >= 15 is 0 Å². The Balaban J connectivity index is 1.82. The van der Waals surface area contributed by atoms with Crippen molar-refractivity contribution >= 4 is 23.2 Å². The number of fused-ring (bicyclic) bond motifs is 1. The lowest BCUT2D eigenvalue weighted by Crippen LogP contribution is -2.24. The van der Waals surface area contributed by atoms with Gasteiger partial charge in [0.15, 0.2) is 5.65 Å². The number of hydrogen-bond acceptors (Lipinski definition) is 3. The van der Waals surface area contributed by atoms with Crippen molar-refractivity contribution in [3.8, 4) is 0 Å². The molecule has 0 atom stereocenters. The standard InChI is InChI=1S/C16H15ClN4O/c1-2-12-9-14(20-15-7-8-19-21(12)15)16(22)18-10-11-5-3-4-6-13(11)17/h3-9H,2,10H2,1H3,(H,18,22). The van der Waals surface area contributed by atoms with E-state index in [1.54, 1.807) is 28.9 Å². The van der Waals surface area contributed by atoms with Gasteiger partial charge in [0.1, 0.15) is 5.69 Å². The summed E-state index contributed by atoms with van der Waals surface area (Å²) in [7, 11) is 0. The minimum Gasteiger partial charge on any atom is -0.347 e. The van der Waals surface area contributed by atoms with Crippen LogP contribution in [0.3, 0.4) is 0 Å². The second kappa shape index (κ2) is 6.15. The third-order valence-electron chi connectivity index (χ3n) is 3.43. The van der Waals surface area contributed by atoms with Gasteiger partial charge in [-0.05, 0) is 24.1 Å². The molecule has 1 aromatic carbocycles. The summed E-state index contributed by atoms with van der Waals surface area (Å²) in [6, 6.07) is 11.0. The van der Waals surface area contributed by atoms with Crippen molar-refractivity contribution in [3.05, 3.63) is 64.6 Å². The summed E-state index contributed by atoms with van der Waals surface area (Å²) in [5.41, 5.74) is 2.87. The van der Waals surface area contributed by atoms with Crippen LogP contribution in [0.4, 0.5) is 0 Å². The van der Waals surface area contributed by atoms with Crippen molar-refractivity contribution in [2.24, 2.45) is 0 Å². The van der Waals surface area contributed by atoms with Crippen LogP contribution in [0.15, 0.2) is 42.6 Å². The van der Waals surface area contributed by atoms with E-state index in [0.717, 1.165) is 17.7 Å². The highest BCUT2D eigenvalue weighted by atomic mass is 35.5. The second-order valence-corrected chi connectivity index (χ2v) is 5.27. The topological polar surface area (TPSA) is 59.3 Å². The Morgan fingerprint density at radius 1 is 1.32 bits per heavy atom. The number of nitrogens with zero attached hydrogens (tertiary/aromatic N) is 3. The Labute approximate surface area is 132 Å². The molecule has 0 fully saturated rings. The van der Waals surface area contributed by atoms with Crippen molar-refractivity contribution < 1.29 is 4.79 Å². The summed E-state index contributed by atoms with van der Waals surface area (Å²) >= 11 is 6.09. The lowest BCUT2D eigenvalue weighted by atomic mass is 10.2. The number of nitrogens with one attached hydrogen (secondary N) is 1. The van der Waals surface area contributed by atoms with E-state index in [2.05, 4.69) is 15.4 Å². The first kappa shape index (κ1) is 14.5. The van der Waals surface area contributed by atoms with Crippen LogP contribution in [0.1, 0.15) is 28.7 Å². The van der Waals surface area contributed by atoms with Crippen LogP contribution in [-0.2, 0) is 13.0 Å². The molecule has 0 saturated carbocycles. The highest BCUT2D eigenvalue weighted by molar-refractivity contribution is 6.31. The van der Waals surface area contributed by atoms with Crippen LogP contribution in [0, 0.1) is 0 Å². The van der Waals surface area contributed by atoms with Crippen LogP contribution in [0.25, 0.3) is 5.65 Å². The second-order valence-electron chi connectivity index (χ2n) is 4.86. The normalized spacial score (nSPS) is 10.8. The molecule has 0 radical (unpaired) electrons. The molecule has 6 heteroatoms. The van der Waals surface area contributed by atoms with Gasteiger partial charge in [-0.25, -0.2) is 9.50 Å². The van der Waals surface area contributed by atoms with Crippen LogP contribution >= 0.6 is 11.6 Å². The van der Waals surface area contributed by atoms with Crippen LogP contribution in [0.2, 0.25) is 5.02 Å². The number of halogens is 1. The largest absolute Gasteiger partial charge is 0.347 e. The molecule has 22 heavy (non-hydrogen) atoms. The van der Waals surface area contributed by atoms with Crippen molar-refractivity contribution in [2.75, 3.05) is 0 Å². The molecule has 2 heterocycles. The van der Waals surface area contributed by atoms with Gasteiger partial charge in [-0.1, -0.05) is 36.7 Å². The van der Waals surface area contributed by atoms with E-state index in [1.165, 1.54) is 0 Å². The number of amides is 1. The molecule has 0 unspecified atom stereocenters. The van der Waals surface area contributed by atoms with Gasteiger partial charge in [0.2, 0.25) is 0 Å². The zero-order valence-electron chi connectivity index (χ0n) is 12.1. The van der Waals surface area contributed by atoms with Gasteiger partial charge < -0.3 is 5.32 Å². The fourth-order valence-electron chi connectivity index (χ4n) is 2.25. The number of carbonyl (C=O) groups is 1. The minimum atomic E-state index is -0.224. The van der Waals surface area contributed by atoms with Crippen LogP contribution in [-0.4, -0.2) is 20.5 Å². The molecule has 3 aromatic rings. The Morgan fingerprint density at radius 2 is 2.14 bits per heavy atom. The van der Waals surface area contributed by atoms with Crippen molar-refractivity contribution in [2.45, 2.75) is 19.9 Å². The number of aromatic nitrogens is 3. The Hall–Kier alpha value is -2.40. The molecule has 2 aromatic heterocycles. The van der Waals surface area contributed by atoms with Gasteiger partial charge in [0.25, 0.3) is 5.91 Å². The molecule has 1 N–H and O–H groups in total. The van der Waals surface area contributed by atoms with Gasteiger partial charge in [0.05, 0.1) is 6.20 Å². The van der Waals surface area contributed by atoms with E-state index in [-0.39, 0.29) is 5.91 Å². The van der Waals surface area contributed by atoms with Gasteiger partial charge in [-0.3, -0.25) is 4.79 Å². The predicted molar refractivity (Wildman–Crippen MR) is 85.0 cm³/mol. The number of carbonyl (C=O) groups excluding carboxylic acids is 1. The average molecular weight is 315 g/mol. The zero-order valence-corrected chi connectivity index (χ0v) is 12.8. The summed E-state index contributed by atoms with van der Waals surface area (Å²) in [6.45, 7) is 2.38. The molecule has 3 rings (SSSR count). The summed E-state index contributed by atoms with van der Waals surface area (Å²) in [5.74, 6) is -0.224. The summed E-state index contributed by atoms with van der Waals surface area (Å²) in [4.78, 5) is 16.7. The predicted octanol–water partition coefficient (Wildman–Crippen LogP) is 2.88. The minimum absolute atomic E-state index is 0.224. The van der Waals surface area contributed by atoms with Crippen LogP contribution in [0.5, 0.6) is 0 Å². The third-order valence-corrected chi connectivity index (χ3v) is 3.79. The first-order chi connectivity index (χ1) is 10.7. The maximum absolute atomic E-state index is 12.3. The third kappa shape index (κ3) is 2.80. The quantitative estimate of drug-likeness (QED) is 0.805. The summed E-state index contributed by atoms with van der Waals surface area (Å²) < 4.78 is 1.74. The molecule has 112 valence electrons. The maximum Gasteiger partial charge on any atom is 0.270 e. The summed E-state index contributed by atoms with van der Waals surface area (Å²) in [6.07, 6.45) is 2.44. The molecule has 0 aliphatic heterocycles. The molecular formula is C16H15ClN4O. The van der Waals surface area contributed by atoms with Crippen LogP contribution < -0.4 is 5.32 Å². The lowest BCUT2D eigenvalue weighted by Gasteiger charge is -2.08. The van der Waals surface area contributed by atoms with E-state index in [4.69, 9.17) is 11.6 Å². The van der Waals surface area contributed by atoms with Crippen molar-refractivity contribution in [3.63, 3.8) is 0 Å². The Kier molecular flexibility index (Phi) is 4.06. The molecule has 1 amide bonds. The molecule has 0 aliphatic carbocycles. The van der Waals surface area contributed by atoms with E-state index in [0.29, 0.717) is 22.9 Å². The first-order valence-electron chi connectivity index (χ1n) is 7.04. The number of hydrogen-bond donors (Lipinski definition) is 1. The molecule has 0 aliphatic rings. The van der Waals surface area contributed by atoms with E-state index in [1.807, 2.05) is 25.1 Å². The maximum atomic E-state index is 12.3. The summed E-state index contributed by atoms with van der Waals surface area (Å²) in [5, 5.41) is 7.68. The highest BCUT2D eigenvalue weighted by Crippen LogP contribution is 2.14. The molecule has 5 nitrogen and oxygen atoms in total. The number of aryl methyl sites for hydroxylation is 1. The lowest BCUT2D eigenvalue weighted by molar-refractivity contribution is 0.0946. The Morgan fingerprint density at radius 3 is 2.91 bits per heavy atom. The Bertz CT molecular complexity index is 828. The zero-order chi connectivity index (χ0) is 15.5. The average Bonchev–Trinajstić information content (AvgIpc) is 3.01. The van der Waals surface area contributed by atoms with Gasteiger partial charge in [-0.15, -0.1) is 0 Å². The number of benzene rings is 1. The van der Waals surface area contributed by atoms with Gasteiger partial charge in [0, 0.05) is 23.3 Å². The SMILES string of the molecule is CCc1cc(C(=O)NCc2ccccc2Cl)nc2ccnn12. The molecule has 0 bridgehead atoms. The van der Waals surface area contributed by atoms with E-state index < -0.39 is 0 Å². The molecule has 0 saturated heterocycles. The fraction of sp³-hybridized carbons (Fsp3) is 0.188. The van der Waals surface area contributed by atoms with Gasteiger partial charge >= 0.3 is 0 Å². The van der Waals surface area contributed by atoms with Crippen molar-refractivity contribution in [1.82, 2.24) is 19.9 Å². The monoisotopic (exact) mass is 314 g/mol. The molecular weight excluding hydrogens is 300 g/mol. The molecule has 0 spiro atoms.